The van der Waals surface area contributed by atoms with Crippen molar-refractivity contribution in [2.45, 2.75) is 109 Å². The monoisotopic (exact) mass is 304 g/mol. The summed E-state index contributed by atoms with van der Waals surface area (Å²) in [5.41, 5.74) is 0. The number of rotatable bonds is 6. The zero-order chi connectivity index (χ0) is 15.5. The summed E-state index contributed by atoms with van der Waals surface area (Å²) in [5, 5.41) is 1.86. The molecule has 2 fully saturated rings. The Morgan fingerprint density at radius 1 is 1.10 bits per heavy atom. The van der Waals surface area contributed by atoms with Crippen LogP contribution in [0, 0.1) is 0 Å². The minimum atomic E-state index is -1.13. The van der Waals surface area contributed by atoms with Crippen molar-refractivity contribution in [1.29, 1.82) is 0 Å². The van der Waals surface area contributed by atoms with Gasteiger partial charge in [-0.15, -0.1) is 0 Å². The van der Waals surface area contributed by atoms with Crippen molar-refractivity contribution in [3.63, 3.8) is 0 Å². The van der Waals surface area contributed by atoms with E-state index in [1.54, 1.807) is 0 Å². The Bertz CT molecular complexity index is 333. The molecule has 2 rings (SSSR count). The van der Waals surface area contributed by atoms with E-state index in [0.717, 1.165) is 24.2 Å². The first-order valence-electron chi connectivity index (χ1n) is 9.64. The summed E-state index contributed by atoms with van der Waals surface area (Å²) < 4.78 is 0. The van der Waals surface area contributed by atoms with E-state index in [-0.39, 0.29) is 0 Å². The lowest BCUT2D eigenvalue weighted by Gasteiger charge is -2.43. The van der Waals surface area contributed by atoms with Crippen molar-refractivity contribution >= 4 is 14.8 Å². The molecule has 0 amide bonds. The number of fused-ring (bicyclic) bond motifs is 2. The molecule has 0 saturated carbocycles. The highest BCUT2D eigenvalue weighted by atomic mass is 28.3. The van der Waals surface area contributed by atoms with Crippen molar-refractivity contribution in [1.82, 2.24) is 0 Å². The van der Waals surface area contributed by atoms with Crippen molar-refractivity contribution in [2.75, 3.05) is 0 Å². The molecule has 0 spiro atoms. The molecular weight excluding hydrogens is 267 g/mol. The Morgan fingerprint density at radius 2 is 1.62 bits per heavy atom. The highest BCUT2D eigenvalue weighted by molar-refractivity contribution is 6.83. The fourth-order valence-electron chi connectivity index (χ4n) is 5.09. The number of allylic oxidation sites excluding steroid dienone is 2. The molecule has 0 N–H and O–H groups in total. The van der Waals surface area contributed by atoms with Gasteiger partial charge in [-0.25, -0.2) is 0 Å². The van der Waals surface area contributed by atoms with E-state index in [9.17, 15) is 0 Å². The van der Waals surface area contributed by atoms with Gasteiger partial charge in [-0.2, -0.15) is 0 Å². The van der Waals surface area contributed by atoms with E-state index >= 15 is 0 Å². The molecule has 2 bridgehead atoms. The first kappa shape index (κ1) is 17.4. The summed E-state index contributed by atoms with van der Waals surface area (Å²) >= 11 is 0. The van der Waals surface area contributed by atoms with Gasteiger partial charge >= 0.3 is 0 Å². The predicted octanol–water partition coefficient (Wildman–Crippen LogP) is 6.97. The maximum atomic E-state index is 2.77. The number of hydrogen-bond donors (Lipinski definition) is 0. The van der Waals surface area contributed by atoms with Gasteiger partial charge in [-0.05, 0) is 12.2 Å². The fourth-order valence-corrected chi connectivity index (χ4v) is 6.78. The summed E-state index contributed by atoms with van der Waals surface area (Å²) in [6.07, 6.45) is 16.0. The minimum Gasteiger partial charge on any atom is -0.0935 e. The quantitative estimate of drug-likeness (QED) is 0.465. The molecule has 21 heavy (non-hydrogen) atoms. The third-order valence-electron chi connectivity index (χ3n) is 6.22. The SMILES string of the molecule is CCCC/C(=C\C(C)B1C2CCCC1CCC2)[Si](C)(C)C. The van der Waals surface area contributed by atoms with Crippen LogP contribution in [0.3, 0.4) is 0 Å². The van der Waals surface area contributed by atoms with Gasteiger partial charge in [0.15, 0.2) is 6.71 Å². The van der Waals surface area contributed by atoms with Crippen LogP contribution in [0.1, 0.15) is 71.6 Å². The smallest absolute Gasteiger partial charge is 0.0935 e. The van der Waals surface area contributed by atoms with E-state index in [0.29, 0.717) is 0 Å². The zero-order valence-corrected chi connectivity index (χ0v) is 16.3. The maximum Gasteiger partial charge on any atom is 0.153 e. The molecule has 2 aliphatic rings. The molecule has 2 saturated heterocycles. The second-order valence-electron chi connectivity index (χ2n) is 8.86. The van der Waals surface area contributed by atoms with Crippen LogP contribution in [0.5, 0.6) is 0 Å². The number of unbranched alkanes of at least 4 members (excludes halogenated alkanes) is 1. The summed E-state index contributed by atoms with van der Waals surface area (Å²) in [4.78, 5) is 0. The van der Waals surface area contributed by atoms with E-state index in [4.69, 9.17) is 0 Å². The van der Waals surface area contributed by atoms with Crippen LogP contribution >= 0.6 is 0 Å². The lowest BCUT2D eigenvalue weighted by atomic mass is 9.22. The highest BCUT2D eigenvalue weighted by Gasteiger charge is 2.41. The maximum absolute atomic E-state index is 2.77. The zero-order valence-electron chi connectivity index (χ0n) is 15.3. The molecule has 0 aromatic rings. The normalized spacial score (nSPS) is 28.6. The van der Waals surface area contributed by atoms with Crippen molar-refractivity contribution in [3.05, 3.63) is 11.3 Å². The average Bonchev–Trinajstić information content (AvgIpc) is 2.41. The first-order valence-corrected chi connectivity index (χ1v) is 13.1. The van der Waals surface area contributed by atoms with Crippen LogP contribution in [-0.4, -0.2) is 14.8 Å². The number of hydrogen-bond acceptors (Lipinski definition) is 0. The van der Waals surface area contributed by atoms with Crippen LogP contribution < -0.4 is 0 Å². The molecule has 1 atom stereocenters. The van der Waals surface area contributed by atoms with Crippen LogP contribution in [0.2, 0.25) is 37.1 Å². The molecule has 0 aromatic heterocycles. The lowest BCUT2D eigenvalue weighted by molar-refractivity contribution is 0.438. The standard InChI is InChI=1S/C19H37BSi/c1-6-7-14-19(21(3,4)5)15-16(2)20-17-10-8-11-18(20)13-9-12-17/h15-18H,6-14H2,1-5H3/b19-15+. The lowest BCUT2D eigenvalue weighted by Crippen LogP contribution is -2.37. The molecule has 0 nitrogen and oxygen atoms in total. The van der Waals surface area contributed by atoms with Crippen molar-refractivity contribution < 1.29 is 0 Å². The van der Waals surface area contributed by atoms with Gasteiger partial charge < -0.3 is 0 Å². The van der Waals surface area contributed by atoms with Crippen LogP contribution in [-0.2, 0) is 0 Å². The Morgan fingerprint density at radius 3 is 2.05 bits per heavy atom. The molecule has 0 aromatic carbocycles. The Labute approximate surface area is 135 Å². The molecule has 0 aliphatic carbocycles. The topological polar surface area (TPSA) is 0 Å². The predicted molar refractivity (Wildman–Crippen MR) is 101 cm³/mol. The Kier molecular flexibility index (Phi) is 6.23. The molecule has 2 heterocycles. The summed E-state index contributed by atoms with van der Waals surface area (Å²) in [5.74, 6) is 2.94. The highest BCUT2D eigenvalue weighted by Crippen LogP contribution is 2.50. The van der Waals surface area contributed by atoms with E-state index in [1.165, 1.54) is 57.8 Å². The molecular formula is C19H37BSi. The van der Waals surface area contributed by atoms with Gasteiger partial charge in [0.1, 0.15) is 0 Å². The molecule has 2 aliphatic heterocycles. The van der Waals surface area contributed by atoms with Crippen LogP contribution in [0.4, 0.5) is 0 Å². The van der Waals surface area contributed by atoms with Crippen LogP contribution in [0.25, 0.3) is 0 Å². The molecule has 120 valence electrons. The second kappa shape index (κ2) is 7.53. The van der Waals surface area contributed by atoms with Gasteiger partial charge in [-0.3, -0.25) is 0 Å². The van der Waals surface area contributed by atoms with E-state index in [2.05, 4.69) is 39.6 Å². The fraction of sp³-hybridized carbons (Fsp3) is 0.895. The van der Waals surface area contributed by atoms with Crippen molar-refractivity contribution in [3.8, 4) is 0 Å². The summed E-state index contributed by atoms with van der Waals surface area (Å²) in [7, 11) is -1.13. The summed E-state index contributed by atoms with van der Waals surface area (Å²) in [6, 6.07) is 0. The average molecular weight is 304 g/mol. The van der Waals surface area contributed by atoms with Gasteiger partial charge in [-0.1, -0.05) is 108 Å². The first-order chi connectivity index (χ1) is 9.93. The largest absolute Gasteiger partial charge is 0.153 e. The van der Waals surface area contributed by atoms with E-state index in [1.807, 2.05) is 5.20 Å². The van der Waals surface area contributed by atoms with E-state index < -0.39 is 8.07 Å². The molecule has 2 heteroatoms. The molecule has 1 unspecified atom stereocenters. The van der Waals surface area contributed by atoms with Gasteiger partial charge in [0.25, 0.3) is 0 Å². The van der Waals surface area contributed by atoms with Crippen LogP contribution in [0.15, 0.2) is 11.3 Å². The Balaban J connectivity index is 2.12. The van der Waals surface area contributed by atoms with Gasteiger partial charge in [0, 0.05) is 0 Å². The van der Waals surface area contributed by atoms with Crippen molar-refractivity contribution in [2.24, 2.45) is 0 Å². The Hall–Kier alpha value is 0.0218. The van der Waals surface area contributed by atoms with Gasteiger partial charge in [0.05, 0.1) is 8.07 Å². The third kappa shape index (κ3) is 4.50. The molecule has 0 radical (unpaired) electrons. The van der Waals surface area contributed by atoms with Gasteiger partial charge in [0.2, 0.25) is 0 Å². The second-order valence-corrected chi connectivity index (χ2v) is 14.0. The summed E-state index contributed by atoms with van der Waals surface area (Å²) in [6.45, 7) is 13.5. The minimum absolute atomic E-state index is 0.833. The third-order valence-corrected chi connectivity index (χ3v) is 8.57.